The first-order valence-corrected chi connectivity index (χ1v) is 6.13. The van der Waals surface area contributed by atoms with Crippen molar-refractivity contribution in [3.63, 3.8) is 0 Å². The zero-order chi connectivity index (χ0) is 12.7. The molecule has 1 unspecified atom stereocenters. The first-order valence-electron chi connectivity index (χ1n) is 6.13. The van der Waals surface area contributed by atoms with Gasteiger partial charge in [-0.3, -0.25) is 0 Å². The van der Waals surface area contributed by atoms with E-state index in [1.54, 1.807) is 7.11 Å². The Morgan fingerprint density at radius 2 is 2.12 bits per heavy atom. The van der Waals surface area contributed by atoms with Crippen molar-refractivity contribution in [2.75, 3.05) is 20.3 Å². The second-order valence-electron chi connectivity index (χ2n) is 4.25. The van der Waals surface area contributed by atoms with E-state index in [0.717, 1.165) is 18.8 Å². The van der Waals surface area contributed by atoms with E-state index in [0.29, 0.717) is 6.61 Å². The molecule has 3 nitrogen and oxygen atoms in total. The minimum Gasteiger partial charge on any atom is -0.491 e. The molecule has 0 fully saturated rings. The summed E-state index contributed by atoms with van der Waals surface area (Å²) in [6, 6.07) is 6.27. The quantitative estimate of drug-likeness (QED) is 0.790. The number of benzene rings is 1. The van der Waals surface area contributed by atoms with Crippen LogP contribution in [0.15, 0.2) is 18.2 Å². The summed E-state index contributed by atoms with van der Waals surface area (Å²) in [5.41, 5.74) is 2.46. The molecule has 0 aliphatic rings. The highest BCUT2D eigenvalue weighted by Gasteiger charge is 2.06. The Morgan fingerprint density at radius 1 is 1.35 bits per heavy atom. The zero-order valence-corrected chi connectivity index (χ0v) is 11.2. The van der Waals surface area contributed by atoms with Crippen LogP contribution in [-0.4, -0.2) is 26.4 Å². The van der Waals surface area contributed by atoms with E-state index in [9.17, 15) is 0 Å². The molecule has 0 amide bonds. The molecule has 0 saturated heterocycles. The number of hydrogen-bond acceptors (Lipinski definition) is 3. The highest BCUT2D eigenvalue weighted by atomic mass is 16.5. The summed E-state index contributed by atoms with van der Waals surface area (Å²) in [7, 11) is 1.70. The zero-order valence-electron chi connectivity index (χ0n) is 11.2. The molecule has 17 heavy (non-hydrogen) atoms. The van der Waals surface area contributed by atoms with Crippen LogP contribution in [0.4, 0.5) is 0 Å². The van der Waals surface area contributed by atoms with Crippen molar-refractivity contribution >= 4 is 0 Å². The molecule has 1 aromatic rings. The monoisotopic (exact) mass is 237 g/mol. The Labute approximate surface area is 104 Å². The van der Waals surface area contributed by atoms with Gasteiger partial charge in [-0.2, -0.15) is 0 Å². The number of rotatable bonds is 7. The fraction of sp³-hybridized carbons (Fsp3) is 0.571. The lowest BCUT2D eigenvalue weighted by molar-refractivity contribution is 0.0712. The number of ether oxygens (including phenoxy) is 2. The molecule has 0 spiro atoms. The molecule has 0 heterocycles. The van der Waals surface area contributed by atoms with E-state index < -0.39 is 0 Å². The van der Waals surface area contributed by atoms with Crippen LogP contribution < -0.4 is 10.1 Å². The Morgan fingerprint density at radius 3 is 2.76 bits per heavy atom. The third-order valence-electron chi connectivity index (χ3n) is 2.66. The van der Waals surface area contributed by atoms with E-state index >= 15 is 0 Å². The molecule has 0 saturated carbocycles. The molecular formula is C14H23NO2. The van der Waals surface area contributed by atoms with Gasteiger partial charge in [0.1, 0.15) is 12.4 Å². The summed E-state index contributed by atoms with van der Waals surface area (Å²) in [6.07, 6.45) is 0.114. The molecule has 0 radical (unpaired) electrons. The van der Waals surface area contributed by atoms with Crippen LogP contribution in [0.3, 0.4) is 0 Å². The normalized spacial score (nSPS) is 12.5. The SMILES string of the molecule is CCNCc1cc(C)ccc1OCC(C)OC. The lowest BCUT2D eigenvalue weighted by atomic mass is 10.1. The fourth-order valence-corrected chi connectivity index (χ4v) is 1.52. The van der Waals surface area contributed by atoms with Crippen molar-refractivity contribution in [3.05, 3.63) is 29.3 Å². The van der Waals surface area contributed by atoms with Gasteiger partial charge in [0.2, 0.25) is 0 Å². The smallest absolute Gasteiger partial charge is 0.123 e. The summed E-state index contributed by atoms with van der Waals surface area (Å²) in [4.78, 5) is 0. The minimum atomic E-state index is 0.114. The van der Waals surface area contributed by atoms with Crippen LogP contribution in [-0.2, 0) is 11.3 Å². The number of aryl methyl sites for hydroxylation is 1. The largest absolute Gasteiger partial charge is 0.491 e. The Balaban J connectivity index is 2.68. The Hall–Kier alpha value is -1.06. The Kier molecular flexibility index (Phi) is 6.01. The lowest BCUT2D eigenvalue weighted by Crippen LogP contribution is -2.18. The van der Waals surface area contributed by atoms with Crippen molar-refractivity contribution in [2.24, 2.45) is 0 Å². The van der Waals surface area contributed by atoms with Gasteiger partial charge in [-0.1, -0.05) is 24.6 Å². The second kappa shape index (κ2) is 7.30. The standard InChI is InChI=1S/C14H23NO2/c1-5-15-9-13-8-11(2)6-7-14(13)17-10-12(3)16-4/h6-8,12,15H,5,9-10H2,1-4H3. The van der Waals surface area contributed by atoms with Gasteiger partial charge in [-0.05, 0) is 26.5 Å². The van der Waals surface area contributed by atoms with Crippen molar-refractivity contribution < 1.29 is 9.47 Å². The topological polar surface area (TPSA) is 30.5 Å². The molecule has 1 atom stereocenters. The van der Waals surface area contributed by atoms with E-state index in [1.807, 2.05) is 13.0 Å². The molecule has 0 aromatic heterocycles. The van der Waals surface area contributed by atoms with Crippen LogP contribution >= 0.6 is 0 Å². The third-order valence-corrected chi connectivity index (χ3v) is 2.66. The minimum absolute atomic E-state index is 0.114. The summed E-state index contributed by atoms with van der Waals surface area (Å²) in [5.74, 6) is 0.945. The second-order valence-corrected chi connectivity index (χ2v) is 4.25. The highest BCUT2D eigenvalue weighted by molar-refractivity contribution is 5.36. The molecule has 0 bridgehead atoms. The summed E-state index contributed by atoms with van der Waals surface area (Å²) in [6.45, 7) is 8.58. The predicted molar refractivity (Wildman–Crippen MR) is 70.5 cm³/mol. The number of nitrogens with one attached hydrogen (secondary N) is 1. The molecule has 0 aliphatic heterocycles. The van der Waals surface area contributed by atoms with Crippen molar-refractivity contribution in [1.29, 1.82) is 0 Å². The third kappa shape index (κ3) is 4.75. The molecule has 96 valence electrons. The van der Waals surface area contributed by atoms with Gasteiger partial charge < -0.3 is 14.8 Å². The summed E-state index contributed by atoms with van der Waals surface area (Å²) in [5, 5.41) is 3.32. The maximum absolute atomic E-state index is 5.78. The van der Waals surface area contributed by atoms with E-state index in [-0.39, 0.29) is 6.10 Å². The first kappa shape index (κ1) is 14.0. The maximum atomic E-state index is 5.78. The van der Waals surface area contributed by atoms with Gasteiger partial charge >= 0.3 is 0 Å². The molecule has 1 aromatic carbocycles. The summed E-state index contributed by atoms with van der Waals surface area (Å²) >= 11 is 0. The van der Waals surface area contributed by atoms with E-state index in [4.69, 9.17) is 9.47 Å². The first-order chi connectivity index (χ1) is 8.17. The maximum Gasteiger partial charge on any atom is 0.123 e. The van der Waals surface area contributed by atoms with Crippen molar-refractivity contribution in [3.8, 4) is 5.75 Å². The van der Waals surface area contributed by atoms with Gasteiger partial charge in [0.05, 0.1) is 6.10 Å². The number of methoxy groups -OCH3 is 1. The average Bonchev–Trinajstić information content (AvgIpc) is 2.34. The van der Waals surface area contributed by atoms with Gasteiger partial charge in [0.25, 0.3) is 0 Å². The lowest BCUT2D eigenvalue weighted by Gasteiger charge is -2.15. The van der Waals surface area contributed by atoms with Crippen molar-refractivity contribution in [1.82, 2.24) is 5.32 Å². The molecule has 0 aliphatic carbocycles. The number of hydrogen-bond donors (Lipinski definition) is 1. The molecule has 1 rings (SSSR count). The fourth-order valence-electron chi connectivity index (χ4n) is 1.52. The summed E-state index contributed by atoms with van der Waals surface area (Å²) < 4.78 is 11.0. The Bertz CT molecular complexity index is 339. The van der Waals surface area contributed by atoms with Gasteiger partial charge in [-0.25, -0.2) is 0 Å². The van der Waals surface area contributed by atoms with E-state index in [1.165, 1.54) is 11.1 Å². The van der Waals surface area contributed by atoms with Gasteiger partial charge in [0.15, 0.2) is 0 Å². The van der Waals surface area contributed by atoms with Crippen LogP contribution in [0.5, 0.6) is 5.75 Å². The van der Waals surface area contributed by atoms with Gasteiger partial charge in [0, 0.05) is 19.2 Å². The predicted octanol–water partition coefficient (Wildman–Crippen LogP) is 2.52. The van der Waals surface area contributed by atoms with Crippen LogP contribution in [0.25, 0.3) is 0 Å². The van der Waals surface area contributed by atoms with Gasteiger partial charge in [-0.15, -0.1) is 0 Å². The van der Waals surface area contributed by atoms with E-state index in [2.05, 4.69) is 31.3 Å². The molecule has 3 heteroatoms. The van der Waals surface area contributed by atoms with Crippen LogP contribution in [0.2, 0.25) is 0 Å². The molecule has 1 N–H and O–H groups in total. The van der Waals surface area contributed by atoms with Crippen LogP contribution in [0.1, 0.15) is 25.0 Å². The molecular weight excluding hydrogens is 214 g/mol. The van der Waals surface area contributed by atoms with Crippen molar-refractivity contribution in [2.45, 2.75) is 33.4 Å². The average molecular weight is 237 g/mol. The van der Waals surface area contributed by atoms with Crippen LogP contribution in [0, 0.1) is 6.92 Å². The highest BCUT2D eigenvalue weighted by Crippen LogP contribution is 2.20.